The minimum absolute atomic E-state index is 0.00736. The summed E-state index contributed by atoms with van der Waals surface area (Å²) in [4.78, 5) is 12.8. The maximum absolute atomic E-state index is 12.8. The summed E-state index contributed by atoms with van der Waals surface area (Å²) >= 11 is 0. The molecule has 0 spiro atoms. The number of fused-ring (bicyclic) bond motifs is 4. The van der Waals surface area contributed by atoms with Crippen LogP contribution in [0.5, 0.6) is 17.2 Å². The molecule has 0 bridgehead atoms. The molecule has 2 atom stereocenters. The van der Waals surface area contributed by atoms with Crippen molar-refractivity contribution in [3.8, 4) is 17.2 Å². The molecular formula is C20H24O4. The van der Waals surface area contributed by atoms with Crippen LogP contribution in [0.4, 0.5) is 0 Å². The molecule has 0 unspecified atom stereocenters. The van der Waals surface area contributed by atoms with E-state index in [1.807, 2.05) is 6.92 Å². The van der Waals surface area contributed by atoms with Crippen LogP contribution in [0.1, 0.15) is 68.4 Å². The summed E-state index contributed by atoms with van der Waals surface area (Å²) in [6, 6.07) is 0. The molecule has 0 amide bonds. The number of rotatable bonds is 0. The third-order valence-corrected chi connectivity index (χ3v) is 6.18. The number of phenols is 2. The Bertz CT molecular complexity index is 803. The average Bonchev–Trinajstić information content (AvgIpc) is 2.88. The molecule has 1 heterocycles. The van der Waals surface area contributed by atoms with E-state index < -0.39 is 5.41 Å². The van der Waals surface area contributed by atoms with Gasteiger partial charge in [-0.05, 0) is 31.3 Å². The molecule has 2 aliphatic carbocycles. The summed E-state index contributed by atoms with van der Waals surface area (Å²) in [5, 5.41) is 21.7. The standard InChI is InChI=1S/C20H24O4/c1-10-8-11-16(22)14-12(21)9-13-19(2,3)6-5-7-20(13,4)15(14)17(23)18(11)24-10/h9-10,22-23H,5-8H2,1-4H3/t10-,20-/m0/s1. The molecule has 4 rings (SSSR count). The highest BCUT2D eigenvalue weighted by molar-refractivity contribution is 6.11. The van der Waals surface area contributed by atoms with Gasteiger partial charge >= 0.3 is 0 Å². The second-order valence-corrected chi connectivity index (χ2v) is 8.38. The number of phenolic OH excluding ortho intramolecular Hbond substituents is 2. The first-order chi connectivity index (χ1) is 11.2. The summed E-state index contributed by atoms with van der Waals surface area (Å²) in [5.41, 5.74) is 1.89. The monoisotopic (exact) mass is 328 g/mol. The predicted octanol–water partition coefficient (Wildman–Crippen LogP) is 4.01. The number of hydrogen-bond donors (Lipinski definition) is 2. The van der Waals surface area contributed by atoms with E-state index in [4.69, 9.17) is 4.74 Å². The minimum atomic E-state index is -0.448. The molecule has 24 heavy (non-hydrogen) atoms. The van der Waals surface area contributed by atoms with Crippen LogP contribution in [0.15, 0.2) is 11.6 Å². The van der Waals surface area contributed by atoms with Crippen LogP contribution < -0.4 is 4.74 Å². The quantitative estimate of drug-likeness (QED) is 0.706. The van der Waals surface area contributed by atoms with Crippen LogP contribution in [0.3, 0.4) is 0 Å². The van der Waals surface area contributed by atoms with E-state index >= 15 is 0 Å². The molecule has 1 fully saturated rings. The third-order valence-electron chi connectivity index (χ3n) is 6.18. The van der Waals surface area contributed by atoms with Crippen LogP contribution in [0.25, 0.3) is 0 Å². The zero-order valence-electron chi connectivity index (χ0n) is 14.7. The number of ether oxygens (including phenoxy) is 1. The van der Waals surface area contributed by atoms with Gasteiger partial charge in [-0.15, -0.1) is 0 Å². The number of ketones is 1. The zero-order valence-corrected chi connectivity index (χ0v) is 14.7. The third kappa shape index (κ3) is 1.77. The van der Waals surface area contributed by atoms with Crippen LogP contribution >= 0.6 is 0 Å². The predicted molar refractivity (Wildman–Crippen MR) is 91.0 cm³/mol. The fourth-order valence-electron chi connectivity index (χ4n) is 5.09. The first-order valence-electron chi connectivity index (χ1n) is 8.71. The number of aromatic hydroxyl groups is 2. The molecule has 128 valence electrons. The van der Waals surface area contributed by atoms with E-state index in [9.17, 15) is 15.0 Å². The Morgan fingerprint density at radius 2 is 1.88 bits per heavy atom. The highest BCUT2D eigenvalue weighted by Gasteiger charge is 2.50. The van der Waals surface area contributed by atoms with Crippen molar-refractivity contribution in [3.63, 3.8) is 0 Å². The van der Waals surface area contributed by atoms with Gasteiger partial charge in [0.2, 0.25) is 0 Å². The van der Waals surface area contributed by atoms with Crippen molar-refractivity contribution in [2.75, 3.05) is 0 Å². The Hall–Kier alpha value is -1.97. The van der Waals surface area contributed by atoms with Crippen molar-refractivity contribution >= 4 is 5.78 Å². The van der Waals surface area contributed by atoms with Crippen molar-refractivity contribution < 1.29 is 19.7 Å². The first-order valence-corrected chi connectivity index (χ1v) is 8.71. The van der Waals surface area contributed by atoms with Gasteiger partial charge < -0.3 is 14.9 Å². The lowest BCUT2D eigenvalue weighted by molar-refractivity contribution is 0.102. The average molecular weight is 328 g/mol. The van der Waals surface area contributed by atoms with Gasteiger partial charge in [-0.3, -0.25) is 4.79 Å². The van der Waals surface area contributed by atoms with Crippen molar-refractivity contribution in [1.29, 1.82) is 0 Å². The Morgan fingerprint density at radius 3 is 2.58 bits per heavy atom. The summed E-state index contributed by atoms with van der Waals surface area (Å²) < 4.78 is 5.76. The lowest BCUT2D eigenvalue weighted by Crippen LogP contribution is -2.41. The van der Waals surface area contributed by atoms with Crippen LogP contribution in [0, 0.1) is 5.41 Å². The summed E-state index contributed by atoms with van der Waals surface area (Å²) in [5.74, 6) is 0.188. The van der Waals surface area contributed by atoms with Gasteiger partial charge in [-0.25, -0.2) is 0 Å². The number of benzene rings is 1. The molecule has 0 radical (unpaired) electrons. The normalized spacial score (nSPS) is 30.1. The van der Waals surface area contributed by atoms with E-state index in [-0.39, 0.29) is 34.4 Å². The fraction of sp³-hybridized carbons (Fsp3) is 0.550. The van der Waals surface area contributed by atoms with Crippen LogP contribution in [0.2, 0.25) is 0 Å². The van der Waals surface area contributed by atoms with Gasteiger partial charge in [-0.2, -0.15) is 0 Å². The van der Waals surface area contributed by atoms with Gasteiger partial charge in [0.15, 0.2) is 17.3 Å². The largest absolute Gasteiger partial charge is 0.507 e. The topological polar surface area (TPSA) is 66.8 Å². The molecule has 1 aliphatic heterocycles. The lowest BCUT2D eigenvalue weighted by Gasteiger charge is -2.48. The summed E-state index contributed by atoms with van der Waals surface area (Å²) in [6.07, 6.45) is 4.98. The van der Waals surface area contributed by atoms with Gasteiger partial charge in [0.1, 0.15) is 11.9 Å². The van der Waals surface area contributed by atoms with Gasteiger partial charge in [0.25, 0.3) is 0 Å². The minimum Gasteiger partial charge on any atom is -0.507 e. The number of carbonyl (C=O) groups excluding carboxylic acids is 1. The van der Waals surface area contributed by atoms with Crippen LogP contribution in [-0.4, -0.2) is 22.1 Å². The molecule has 2 N–H and O–H groups in total. The van der Waals surface area contributed by atoms with E-state index in [0.29, 0.717) is 23.3 Å². The molecule has 0 aromatic heterocycles. The summed E-state index contributed by atoms with van der Waals surface area (Å²) in [6.45, 7) is 8.28. The van der Waals surface area contributed by atoms with Crippen molar-refractivity contribution in [2.24, 2.45) is 5.41 Å². The second kappa shape index (κ2) is 4.56. The lowest BCUT2D eigenvalue weighted by atomic mass is 9.55. The zero-order chi connectivity index (χ0) is 17.4. The van der Waals surface area contributed by atoms with Gasteiger partial charge in [0.05, 0.1) is 5.56 Å². The Morgan fingerprint density at radius 1 is 1.17 bits per heavy atom. The van der Waals surface area contributed by atoms with Gasteiger partial charge in [-0.1, -0.05) is 32.8 Å². The van der Waals surface area contributed by atoms with Crippen molar-refractivity contribution in [3.05, 3.63) is 28.3 Å². The van der Waals surface area contributed by atoms with E-state index in [2.05, 4.69) is 20.8 Å². The number of hydrogen-bond acceptors (Lipinski definition) is 4. The molecule has 1 aromatic carbocycles. The molecule has 3 aliphatic rings. The highest BCUT2D eigenvalue weighted by Crippen LogP contribution is 2.60. The number of allylic oxidation sites excluding steroid dienone is 2. The molecule has 4 nitrogen and oxygen atoms in total. The van der Waals surface area contributed by atoms with Crippen LogP contribution in [-0.2, 0) is 11.8 Å². The maximum Gasteiger partial charge on any atom is 0.190 e. The molecule has 0 saturated heterocycles. The Labute approximate surface area is 142 Å². The van der Waals surface area contributed by atoms with Gasteiger partial charge in [0, 0.05) is 23.0 Å². The first kappa shape index (κ1) is 15.6. The molecular weight excluding hydrogens is 304 g/mol. The smallest absolute Gasteiger partial charge is 0.190 e. The molecule has 1 saturated carbocycles. The maximum atomic E-state index is 12.8. The van der Waals surface area contributed by atoms with Crippen molar-refractivity contribution in [1.82, 2.24) is 0 Å². The SMILES string of the molecule is C[C@H]1Cc2c(O)c3c(c(O)c2O1)[C@@]1(C)CCCC(C)(C)C1=CC3=O. The Kier molecular flexibility index (Phi) is 2.95. The van der Waals surface area contributed by atoms with E-state index in [0.717, 1.165) is 24.8 Å². The van der Waals surface area contributed by atoms with E-state index in [1.165, 1.54) is 0 Å². The second-order valence-electron chi connectivity index (χ2n) is 8.38. The van der Waals surface area contributed by atoms with Crippen molar-refractivity contribution in [2.45, 2.75) is 64.9 Å². The van der Waals surface area contributed by atoms with E-state index in [1.54, 1.807) is 6.08 Å². The fourth-order valence-corrected chi connectivity index (χ4v) is 5.09. The summed E-state index contributed by atoms with van der Waals surface area (Å²) in [7, 11) is 0. The number of carbonyl (C=O) groups is 1. The Balaban J connectivity index is 2.05. The highest BCUT2D eigenvalue weighted by atomic mass is 16.5. The molecule has 1 aromatic rings. The molecule has 4 heteroatoms.